The zero-order valence-corrected chi connectivity index (χ0v) is 28.9. The Morgan fingerprint density at radius 3 is 2.02 bits per heavy atom. The molecule has 3 rings (SSSR count). The van der Waals surface area contributed by atoms with Crippen molar-refractivity contribution in [2.45, 2.75) is 88.6 Å². The van der Waals surface area contributed by atoms with E-state index in [1.54, 1.807) is 12.1 Å². The first-order valence-electron chi connectivity index (χ1n) is 14.3. The standard InChI is InChI=1S/C16H23BrClNO3.C16H22ClNO3/c1-16(2,3)22-10-14(17)15(21)19-13(9-20)8-11-4-6-12(18)7-5-11;1-16(2,3)21-10-14-15(19)18-13(9-20-14)8-11-4-6-12(17)7-5-11/h4-7,13-14,20H,8-10H2,1-3H3,(H,19,21);4-7,13-14H,8-10H2,1-3H3,(H,18,19)/t2*13?,14-/m10/s1. The van der Waals surface area contributed by atoms with Crippen LogP contribution in [0.3, 0.4) is 0 Å². The molecule has 0 saturated carbocycles. The molecule has 3 N–H and O–H groups in total. The van der Waals surface area contributed by atoms with Crippen LogP contribution >= 0.6 is 39.1 Å². The summed E-state index contributed by atoms with van der Waals surface area (Å²) in [6, 6.07) is 14.6. The number of hydrogen-bond donors (Lipinski definition) is 3. The number of amides is 2. The van der Waals surface area contributed by atoms with Crippen molar-refractivity contribution in [3.05, 3.63) is 69.7 Å². The zero-order chi connectivity index (χ0) is 32.2. The number of morpholine rings is 1. The molecule has 4 atom stereocenters. The van der Waals surface area contributed by atoms with Gasteiger partial charge < -0.3 is 30.0 Å². The van der Waals surface area contributed by atoms with Gasteiger partial charge in [0.1, 0.15) is 4.83 Å². The van der Waals surface area contributed by atoms with Crippen molar-refractivity contribution < 1.29 is 28.9 Å². The Morgan fingerprint density at radius 1 is 1.00 bits per heavy atom. The van der Waals surface area contributed by atoms with Crippen LogP contribution in [0.5, 0.6) is 0 Å². The lowest BCUT2D eigenvalue weighted by molar-refractivity contribution is -0.150. The maximum Gasteiger partial charge on any atom is 0.251 e. The lowest BCUT2D eigenvalue weighted by Gasteiger charge is -2.31. The van der Waals surface area contributed by atoms with E-state index in [4.69, 9.17) is 37.4 Å². The summed E-state index contributed by atoms with van der Waals surface area (Å²) in [7, 11) is 0. The SMILES string of the molecule is CC(C)(C)OC[C@@H](Br)C(=O)NC(CO)Cc1ccc(Cl)cc1.CC(C)(C)OC[C@@H]1OCC(Cc2ccc(Cl)cc2)NC1=O. The van der Waals surface area contributed by atoms with Crippen LogP contribution in [0.2, 0.25) is 10.0 Å². The van der Waals surface area contributed by atoms with E-state index in [2.05, 4.69) is 26.6 Å². The van der Waals surface area contributed by atoms with Crippen LogP contribution in [0.1, 0.15) is 52.7 Å². The van der Waals surface area contributed by atoms with Crippen LogP contribution in [0.4, 0.5) is 0 Å². The highest BCUT2D eigenvalue weighted by Gasteiger charge is 2.30. The lowest BCUT2D eigenvalue weighted by Crippen LogP contribution is -2.53. The molecule has 0 aliphatic carbocycles. The molecular formula is C32H45BrCl2N2O6. The first-order chi connectivity index (χ1) is 20.0. The van der Waals surface area contributed by atoms with Gasteiger partial charge in [-0.2, -0.15) is 0 Å². The fourth-order valence-electron chi connectivity index (χ4n) is 3.86. The third-order valence-electron chi connectivity index (χ3n) is 6.11. The second kappa shape index (κ2) is 17.7. The van der Waals surface area contributed by atoms with E-state index >= 15 is 0 Å². The Labute approximate surface area is 274 Å². The normalized spacial score (nSPS) is 18.6. The minimum absolute atomic E-state index is 0.00966. The summed E-state index contributed by atoms with van der Waals surface area (Å²) < 4.78 is 16.8. The summed E-state index contributed by atoms with van der Waals surface area (Å²) in [6.45, 7) is 12.6. The monoisotopic (exact) mass is 702 g/mol. The number of hydrogen-bond acceptors (Lipinski definition) is 6. The second-order valence-corrected chi connectivity index (χ2v) is 14.4. The molecule has 1 aliphatic heterocycles. The van der Waals surface area contributed by atoms with Gasteiger partial charge in [-0.3, -0.25) is 9.59 Å². The summed E-state index contributed by atoms with van der Waals surface area (Å²) in [5.41, 5.74) is 1.55. The summed E-state index contributed by atoms with van der Waals surface area (Å²) in [6.07, 6.45) is 0.750. The van der Waals surface area contributed by atoms with E-state index in [1.807, 2.05) is 77.9 Å². The summed E-state index contributed by atoms with van der Waals surface area (Å²) in [5, 5.41) is 16.6. The molecule has 1 aliphatic rings. The molecule has 2 unspecified atom stereocenters. The van der Waals surface area contributed by atoms with Crippen LogP contribution in [0, 0.1) is 0 Å². The van der Waals surface area contributed by atoms with Gasteiger partial charge in [0, 0.05) is 10.0 Å². The molecule has 2 aromatic carbocycles. The third kappa shape index (κ3) is 15.7. The highest BCUT2D eigenvalue weighted by molar-refractivity contribution is 9.10. The van der Waals surface area contributed by atoms with Gasteiger partial charge in [0.15, 0.2) is 6.10 Å². The predicted molar refractivity (Wildman–Crippen MR) is 175 cm³/mol. The number of ether oxygens (including phenoxy) is 3. The Bertz CT molecular complexity index is 1140. The first-order valence-corrected chi connectivity index (χ1v) is 16.0. The van der Waals surface area contributed by atoms with Gasteiger partial charge in [-0.15, -0.1) is 0 Å². The van der Waals surface area contributed by atoms with E-state index in [-0.39, 0.29) is 54.9 Å². The molecule has 11 heteroatoms. The number of rotatable bonds is 11. The van der Waals surface area contributed by atoms with Gasteiger partial charge >= 0.3 is 0 Å². The van der Waals surface area contributed by atoms with Gasteiger partial charge in [-0.25, -0.2) is 0 Å². The van der Waals surface area contributed by atoms with Crippen LogP contribution in [-0.2, 0) is 36.6 Å². The molecule has 43 heavy (non-hydrogen) atoms. The molecule has 2 aromatic rings. The number of carbonyl (C=O) groups excluding carboxylic acids is 2. The Morgan fingerprint density at radius 2 is 1.53 bits per heavy atom. The molecular weight excluding hydrogens is 659 g/mol. The number of carbonyl (C=O) groups is 2. The van der Waals surface area contributed by atoms with E-state index in [0.29, 0.717) is 23.1 Å². The van der Waals surface area contributed by atoms with Gasteiger partial charge in [0.2, 0.25) is 5.91 Å². The molecule has 0 spiro atoms. The number of aliphatic hydroxyl groups excluding tert-OH is 1. The van der Waals surface area contributed by atoms with Crippen LogP contribution in [0.25, 0.3) is 0 Å². The summed E-state index contributed by atoms with van der Waals surface area (Å²) >= 11 is 15.0. The van der Waals surface area contributed by atoms with E-state index in [9.17, 15) is 14.7 Å². The first kappa shape index (κ1) is 37.5. The molecule has 2 amide bonds. The fourth-order valence-corrected chi connectivity index (χ4v) is 4.38. The zero-order valence-electron chi connectivity index (χ0n) is 25.8. The highest BCUT2D eigenvalue weighted by Crippen LogP contribution is 2.16. The Hall–Kier alpha value is -1.72. The van der Waals surface area contributed by atoms with Crippen molar-refractivity contribution in [3.63, 3.8) is 0 Å². The maximum absolute atomic E-state index is 12.1. The Balaban J connectivity index is 0.000000300. The van der Waals surface area contributed by atoms with Gasteiger partial charge in [0.05, 0.1) is 49.7 Å². The topological polar surface area (TPSA) is 106 Å². The van der Waals surface area contributed by atoms with Crippen molar-refractivity contribution in [2.24, 2.45) is 0 Å². The minimum atomic E-state index is -0.523. The average molecular weight is 705 g/mol. The highest BCUT2D eigenvalue weighted by atomic mass is 79.9. The van der Waals surface area contributed by atoms with Crippen molar-refractivity contribution in [2.75, 3.05) is 26.4 Å². The quantitative estimate of drug-likeness (QED) is 0.266. The van der Waals surface area contributed by atoms with E-state index in [0.717, 1.165) is 17.5 Å². The smallest absolute Gasteiger partial charge is 0.251 e. The van der Waals surface area contributed by atoms with Gasteiger partial charge in [-0.05, 0) is 89.8 Å². The van der Waals surface area contributed by atoms with Crippen LogP contribution in [0.15, 0.2) is 48.5 Å². The lowest BCUT2D eigenvalue weighted by atomic mass is 10.0. The van der Waals surface area contributed by atoms with E-state index < -0.39 is 10.9 Å². The molecule has 0 bridgehead atoms. The number of halogens is 3. The molecule has 0 radical (unpaired) electrons. The number of aliphatic hydroxyl groups is 1. The number of alkyl halides is 1. The number of benzene rings is 2. The summed E-state index contributed by atoms with van der Waals surface area (Å²) in [5.74, 6) is -0.304. The van der Waals surface area contributed by atoms with Gasteiger partial charge in [-0.1, -0.05) is 63.4 Å². The van der Waals surface area contributed by atoms with E-state index in [1.165, 1.54) is 0 Å². The Kier molecular flexibility index (Phi) is 15.4. The number of nitrogens with one attached hydrogen (secondary N) is 2. The molecule has 1 saturated heterocycles. The molecule has 1 heterocycles. The predicted octanol–water partition coefficient (Wildman–Crippen LogP) is 5.52. The largest absolute Gasteiger partial charge is 0.394 e. The molecule has 8 nitrogen and oxygen atoms in total. The van der Waals surface area contributed by atoms with Crippen molar-refractivity contribution in [1.29, 1.82) is 0 Å². The molecule has 1 fully saturated rings. The van der Waals surface area contributed by atoms with Gasteiger partial charge in [0.25, 0.3) is 5.91 Å². The second-order valence-electron chi connectivity index (χ2n) is 12.4. The van der Waals surface area contributed by atoms with Crippen LogP contribution < -0.4 is 10.6 Å². The van der Waals surface area contributed by atoms with Crippen molar-refractivity contribution in [1.82, 2.24) is 10.6 Å². The summed E-state index contributed by atoms with van der Waals surface area (Å²) in [4.78, 5) is 23.7. The van der Waals surface area contributed by atoms with Crippen molar-refractivity contribution >= 4 is 50.9 Å². The average Bonchev–Trinajstić information content (AvgIpc) is 2.92. The minimum Gasteiger partial charge on any atom is -0.394 e. The van der Waals surface area contributed by atoms with Crippen molar-refractivity contribution in [3.8, 4) is 0 Å². The molecule has 240 valence electrons. The molecule has 0 aromatic heterocycles. The third-order valence-corrected chi connectivity index (χ3v) is 7.29. The van der Waals surface area contributed by atoms with Crippen LogP contribution in [-0.4, -0.2) is 77.6 Å². The maximum atomic E-state index is 12.1. The fraction of sp³-hybridized carbons (Fsp3) is 0.562.